The molecule has 0 saturated heterocycles. The van der Waals surface area contributed by atoms with Crippen molar-refractivity contribution in [3.05, 3.63) is 35.5 Å². The molecule has 4 heteroatoms. The first-order chi connectivity index (χ1) is 13.1. The largest absolute Gasteiger partial charge is 0.271 e. The topological polar surface area (TPSA) is 50.4 Å². The van der Waals surface area contributed by atoms with Crippen LogP contribution in [0.1, 0.15) is 70.6 Å². The van der Waals surface area contributed by atoms with Crippen LogP contribution in [0.4, 0.5) is 0 Å². The van der Waals surface area contributed by atoms with Gasteiger partial charge in [0, 0.05) is 21.9 Å². The molecule has 2 saturated carbocycles. The van der Waals surface area contributed by atoms with Gasteiger partial charge in [-0.2, -0.15) is 0 Å². The van der Waals surface area contributed by atoms with E-state index in [1.807, 2.05) is 0 Å². The molecule has 0 heterocycles. The fraction of sp³-hybridized carbons (Fsp3) is 0.696. The molecular weight excluding hydrogens is 354 g/mol. The summed E-state index contributed by atoms with van der Waals surface area (Å²) in [6.07, 6.45) is 20.0. The Balaban J connectivity index is 1.57. The number of nitrogens with one attached hydrogen (secondary N) is 1. The third kappa shape index (κ3) is 3.97. The van der Waals surface area contributed by atoms with E-state index in [2.05, 4.69) is 30.2 Å². The summed E-state index contributed by atoms with van der Waals surface area (Å²) in [6.45, 7) is 4.53. The van der Waals surface area contributed by atoms with E-state index >= 15 is 0 Å². The van der Waals surface area contributed by atoms with Gasteiger partial charge in [0.2, 0.25) is 0 Å². The van der Waals surface area contributed by atoms with Crippen LogP contribution < -0.4 is 11.3 Å². The number of hydrazine groups is 1. The van der Waals surface area contributed by atoms with E-state index in [4.69, 9.17) is 22.4 Å². The monoisotopic (exact) mass is 387 g/mol. The average Bonchev–Trinajstić information content (AvgIpc) is 3.48. The third-order valence-corrected chi connectivity index (χ3v) is 7.78. The lowest BCUT2D eigenvalue weighted by atomic mass is 9.57. The normalized spacial score (nSPS) is 31.8. The highest BCUT2D eigenvalue weighted by Crippen LogP contribution is 2.56. The quantitative estimate of drug-likeness (QED) is 0.257. The molecule has 3 atom stereocenters. The van der Waals surface area contributed by atoms with E-state index in [9.17, 15) is 0 Å². The number of rotatable bonds is 7. The van der Waals surface area contributed by atoms with E-state index in [1.165, 1.54) is 63.5 Å². The van der Waals surface area contributed by atoms with Crippen LogP contribution >= 0.6 is 11.6 Å². The number of nitrogens with zero attached hydrogens (tertiary/aromatic N) is 1. The van der Waals surface area contributed by atoms with Crippen molar-refractivity contribution in [1.82, 2.24) is 5.43 Å². The van der Waals surface area contributed by atoms with Crippen molar-refractivity contribution in [3.8, 4) is 0 Å². The molecule has 0 bridgehead atoms. The maximum Gasteiger partial charge on any atom is 0.0658 e. The number of hydrogen-bond donors (Lipinski definition) is 2. The summed E-state index contributed by atoms with van der Waals surface area (Å²) in [5.74, 6) is 7.74. The lowest BCUT2D eigenvalue weighted by Crippen LogP contribution is -2.48. The molecule has 3 nitrogen and oxygen atoms in total. The van der Waals surface area contributed by atoms with Gasteiger partial charge in [-0.05, 0) is 82.0 Å². The number of aliphatic imine (C=N–C) groups is 1. The highest BCUT2D eigenvalue weighted by atomic mass is 35.5. The summed E-state index contributed by atoms with van der Waals surface area (Å²) in [5, 5.41) is 1.03. The summed E-state index contributed by atoms with van der Waals surface area (Å²) >= 11 is 6.24. The van der Waals surface area contributed by atoms with Crippen LogP contribution in [-0.2, 0) is 0 Å². The minimum atomic E-state index is 0.156. The molecule has 0 aromatic rings. The molecule has 4 aliphatic carbocycles. The first kappa shape index (κ1) is 19.4. The summed E-state index contributed by atoms with van der Waals surface area (Å²) in [5.41, 5.74) is 5.70. The van der Waals surface area contributed by atoms with Gasteiger partial charge >= 0.3 is 0 Å². The van der Waals surface area contributed by atoms with Crippen LogP contribution in [0.15, 0.2) is 40.5 Å². The summed E-state index contributed by atoms with van der Waals surface area (Å²) in [7, 11) is 0. The Labute approximate surface area is 169 Å². The van der Waals surface area contributed by atoms with Crippen molar-refractivity contribution >= 4 is 17.3 Å². The van der Waals surface area contributed by atoms with Gasteiger partial charge in [0.05, 0.1) is 6.04 Å². The van der Waals surface area contributed by atoms with E-state index in [-0.39, 0.29) is 11.5 Å². The molecule has 27 heavy (non-hydrogen) atoms. The molecule has 4 rings (SSSR count). The Bertz CT molecular complexity index is 655. The second-order valence-corrected chi connectivity index (χ2v) is 9.54. The van der Waals surface area contributed by atoms with Gasteiger partial charge in [-0.15, -0.1) is 0 Å². The lowest BCUT2D eigenvalue weighted by molar-refractivity contribution is 0.0841. The molecule has 0 aliphatic heterocycles. The number of allylic oxidation sites excluding steroid dienone is 4. The van der Waals surface area contributed by atoms with Crippen molar-refractivity contribution in [3.63, 3.8) is 0 Å². The maximum atomic E-state index is 6.24. The van der Waals surface area contributed by atoms with Crippen LogP contribution in [0.25, 0.3) is 0 Å². The zero-order valence-corrected chi connectivity index (χ0v) is 17.2. The lowest BCUT2D eigenvalue weighted by Gasteiger charge is -2.49. The molecule has 3 N–H and O–H groups in total. The molecule has 2 fully saturated rings. The number of hydrogen-bond acceptors (Lipinski definition) is 3. The first-order valence-corrected chi connectivity index (χ1v) is 11.3. The van der Waals surface area contributed by atoms with Crippen molar-refractivity contribution in [1.29, 1.82) is 0 Å². The van der Waals surface area contributed by atoms with Crippen LogP contribution in [0.3, 0.4) is 0 Å². The SMILES string of the molecule is C=C(N=C(C1CC1)C(NN)C1C=CCCC1)C1(C2CC=C(Cl)CC2)CCC1. The van der Waals surface area contributed by atoms with Crippen molar-refractivity contribution in [2.24, 2.45) is 34.0 Å². The summed E-state index contributed by atoms with van der Waals surface area (Å²) < 4.78 is 0. The van der Waals surface area contributed by atoms with E-state index < -0.39 is 0 Å². The first-order valence-electron chi connectivity index (χ1n) is 10.9. The molecule has 148 valence electrons. The van der Waals surface area contributed by atoms with Crippen molar-refractivity contribution < 1.29 is 0 Å². The van der Waals surface area contributed by atoms with Gasteiger partial charge in [0.15, 0.2) is 0 Å². The van der Waals surface area contributed by atoms with Crippen LogP contribution in [0, 0.1) is 23.2 Å². The van der Waals surface area contributed by atoms with E-state index in [1.54, 1.807) is 0 Å². The van der Waals surface area contributed by atoms with Gasteiger partial charge in [-0.25, -0.2) is 0 Å². The summed E-state index contributed by atoms with van der Waals surface area (Å²) in [6, 6.07) is 0.156. The van der Waals surface area contributed by atoms with Gasteiger partial charge < -0.3 is 0 Å². The van der Waals surface area contributed by atoms with Crippen molar-refractivity contribution in [2.75, 3.05) is 0 Å². The smallest absolute Gasteiger partial charge is 0.0658 e. The second-order valence-electron chi connectivity index (χ2n) is 9.06. The highest BCUT2D eigenvalue weighted by Gasteiger charge is 2.47. The minimum absolute atomic E-state index is 0.156. The fourth-order valence-electron chi connectivity index (χ4n) is 5.40. The van der Waals surface area contributed by atoms with Crippen LogP contribution in [0.5, 0.6) is 0 Å². The molecule has 0 spiro atoms. The molecular formula is C23H34ClN3. The van der Waals surface area contributed by atoms with Gasteiger partial charge in [-0.3, -0.25) is 16.3 Å². The fourth-order valence-corrected chi connectivity index (χ4v) is 5.60. The Morgan fingerprint density at radius 1 is 1.26 bits per heavy atom. The Morgan fingerprint density at radius 2 is 2.07 bits per heavy atom. The molecule has 0 aromatic carbocycles. The molecule has 0 amide bonds. The summed E-state index contributed by atoms with van der Waals surface area (Å²) in [4.78, 5) is 5.27. The molecule has 0 aromatic heterocycles. The molecule has 4 aliphatic rings. The highest BCUT2D eigenvalue weighted by molar-refractivity contribution is 6.29. The van der Waals surface area contributed by atoms with Crippen molar-refractivity contribution in [2.45, 2.75) is 76.7 Å². The Morgan fingerprint density at radius 3 is 2.59 bits per heavy atom. The van der Waals surface area contributed by atoms with Gasteiger partial charge in [0.25, 0.3) is 0 Å². The van der Waals surface area contributed by atoms with E-state index in [0.717, 1.165) is 23.6 Å². The van der Waals surface area contributed by atoms with Crippen LogP contribution in [0.2, 0.25) is 0 Å². The third-order valence-electron chi connectivity index (χ3n) is 7.44. The Hall–Kier alpha value is -0.900. The molecule has 0 radical (unpaired) electrons. The molecule has 3 unspecified atom stereocenters. The number of nitrogens with two attached hydrogens (primary N) is 1. The minimum Gasteiger partial charge on any atom is -0.271 e. The number of halogens is 1. The zero-order valence-electron chi connectivity index (χ0n) is 16.4. The van der Waals surface area contributed by atoms with Crippen LogP contribution in [-0.4, -0.2) is 11.8 Å². The van der Waals surface area contributed by atoms with Gasteiger partial charge in [0.1, 0.15) is 0 Å². The maximum absolute atomic E-state index is 6.24. The Kier molecular flexibility index (Phi) is 5.92. The predicted molar refractivity (Wildman–Crippen MR) is 114 cm³/mol. The van der Waals surface area contributed by atoms with E-state index in [0.29, 0.717) is 17.8 Å². The standard InChI is InChI=1S/C23H34ClN3/c1-16(23(14-5-15-23)19-10-12-20(24)13-11-19)26-21(18-8-9-18)22(27-25)17-6-3-2-4-7-17/h3,6,12,17-19,22,27H,1-2,4-5,7-11,13-15,25H2. The predicted octanol–water partition coefficient (Wildman–Crippen LogP) is 5.63. The zero-order chi connectivity index (χ0) is 18.9. The van der Waals surface area contributed by atoms with Gasteiger partial charge in [-0.1, -0.05) is 42.8 Å². The second kappa shape index (κ2) is 8.23. The average molecular weight is 388 g/mol.